The first kappa shape index (κ1) is 12.7. The number of nitrogen functional groups attached to an aromatic ring is 1. The van der Waals surface area contributed by atoms with Crippen LogP contribution >= 0.6 is 23.4 Å². The van der Waals surface area contributed by atoms with Gasteiger partial charge >= 0.3 is 5.97 Å². The molecule has 0 fully saturated rings. The number of aromatic carboxylic acids is 1. The molecule has 0 radical (unpaired) electrons. The smallest absolute Gasteiger partial charge is 0.335 e. The van der Waals surface area contributed by atoms with E-state index >= 15 is 0 Å². The predicted molar refractivity (Wildman–Crippen MR) is 71.2 cm³/mol. The Hall–Kier alpha value is -1.72. The van der Waals surface area contributed by atoms with Crippen molar-refractivity contribution in [3.8, 4) is 0 Å². The average Bonchev–Trinajstić information content (AvgIpc) is 2.34. The third-order valence-corrected chi connectivity index (χ3v) is 3.42. The van der Waals surface area contributed by atoms with Gasteiger partial charge < -0.3 is 10.8 Å². The summed E-state index contributed by atoms with van der Waals surface area (Å²) in [6, 6.07) is 8.03. The molecule has 4 nitrogen and oxygen atoms in total. The molecule has 3 N–H and O–H groups in total. The summed E-state index contributed by atoms with van der Waals surface area (Å²) in [7, 11) is 0. The molecule has 0 atom stereocenters. The zero-order chi connectivity index (χ0) is 13.1. The molecule has 0 aliphatic carbocycles. The van der Waals surface area contributed by atoms with E-state index in [2.05, 4.69) is 4.98 Å². The van der Waals surface area contributed by atoms with Gasteiger partial charge in [-0.25, -0.2) is 9.78 Å². The summed E-state index contributed by atoms with van der Waals surface area (Å²) in [6.07, 6.45) is 1.53. The topological polar surface area (TPSA) is 76.2 Å². The van der Waals surface area contributed by atoms with E-state index in [0.717, 1.165) is 0 Å². The van der Waals surface area contributed by atoms with Crippen LogP contribution in [-0.4, -0.2) is 16.1 Å². The van der Waals surface area contributed by atoms with Crippen molar-refractivity contribution in [2.24, 2.45) is 0 Å². The summed E-state index contributed by atoms with van der Waals surface area (Å²) in [6.45, 7) is 0. The Labute approximate surface area is 113 Å². The quantitative estimate of drug-likeness (QED) is 0.845. The van der Waals surface area contributed by atoms with E-state index in [-0.39, 0.29) is 5.56 Å². The van der Waals surface area contributed by atoms with Crippen molar-refractivity contribution in [3.63, 3.8) is 0 Å². The van der Waals surface area contributed by atoms with Crippen LogP contribution in [0.2, 0.25) is 5.02 Å². The molecule has 18 heavy (non-hydrogen) atoms. The Morgan fingerprint density at radius 2 is 2.11 bits per heavy atom. The van der Waals surface area contributed by atoms with E-state index in [9.17, 15) is 4.79 Å². The zero-order valence-electron chi connectivity index (χ0n) is 9.13. The van der Waals surface area contributed by atoms with Crippen LogP contribution in [0, 0.1) is 0 Å². The minimum atomic E-state index is -0.985. The molecule has 0 amide bonds. The number of aromatic nitrogens is 1. The largest absolute Gasteiger partial charge is 0.478 e. The Morgan fingerprint density at radius 1 is 1.33 bits per heavy atom. The van der Waals surface area contributed by atoms with Gasteiger partial charge in [0.05, 0.1) is 10.6 Å². The third kappa shape index (κ3) is 2.94. The molecule has 0 aliphatic heterocycles. The molecule has 92 valence electrons. The van der Waals surface area contributed by atoms with Crippen LogP contribution in [0.4, 0.5) is 5.69 Å². The van der Waals surface area contributed by atoms with E-state index in [0.29, 0.717) is 20.6 Å². The lowest BCUT2D eigenvalue weighted by Crippen LogP contribution is -1.98. The SMILES string of the molecule is Nc1ccc(C(=O)O)cc1Sc1ccc(Cl)cn1. The van der Waals surface area contributed by atoms with Crippen molar-refractivity contribution < 1.29 is 9.90 Å². The number of hydrogen-bond donors (Lipinski definition) is 2. The number of anilines is 1. The highest BCUT2D eigenvalue weighted by Gasteiger charge is 2.08. The Bertz CT molecular complexity index is 587. The molecule has 2 aromatic rings. The molecule has 1 heterocycles. The first-order chi connectivity index (χ1) is 8.56. The minimum absolute atomic E-state index is 0.195. The maximum Gasteiger partial charge on any atom is 0.335 e. The second-order valence-electron chi connectivity index (χ2n) is 3.47. The van der Waals surface area contributed by atoms with Crippen LogP contribution in [0.5, 0.6) is 0 Å². The summed E-state index contributed by atoms with van der Waals surface area (Å²) in [5.41, 5.74) is 6.51. The van der Waals surface area contributed by atoms with Gasteiger partial charge in [-0.3, -0.25) is 0 Å². The minimum Gasteiger partial charge on any atom is -0.478 e. The summed E-state index contributed by atoms with van der Waals surface area (Å²) in [5, 5.41) is 10.2. The van der Waals surface area contributed by atoms with Gasteiger partial charge in [0, 0.05) is 16.8 Å². The van der Waals surface area contributed by atoms with Gasteiger partial charge in [-0.05, 0) is 30.3 Å². The van der Waals surface area contributed by atoms with Crippen LogP contribution in [-0.2, 0) is 0 Å². The standard InChI is InChI=1S/C12H9ClN2O2S/c13-8-2-4-11(15-6-8)18-10-5-7(12(16)17)1-3-9(10)14/h1-6H,14H2,(H,16,17). The highest BCUT2D eigenvalue weighted by Crippen LogP contribution is 2.31. The predicted octanol–water partition coefficient (Wildman–Crippen LogP) is 3.17. The molecule has 0 aliphatic rings. The number of carboxylic acid groups (broad SMARTS) is 1. The second kappa shape index (κ2) is 5.29. The number of nitrogens with two attached hydrogens (primary N) is 1. The zero-order valence-corrected chi connectivity index (χ0v) is 10.7. The lowest BCUT2D eigenvalue weighted by atomic mass is 10.2. The number of rotatable bonds is 3. The number of pyridine rings is 1. The van der Waals surface area contributed by atoms with Crippen molar-refractivity contribution in [2.75, 3.05) is 5.73 Å². The van der Waals surface area contributed by atoms with Crippen molar-refractivity contribution in [2.45, 2.75) is 9.92 Å². The maximum absolute atomic E-state index is 10.9. The fourth-order valence-corrected chi connectivity index (χ4v) is 2.24. The van der Waals surface area contributed by atoms with Crippen LogP contribution in [0.15, 0.2) is 46.5 Å². The first-order valence-corrected chi connectivity index (χ1v) is 6.18. The average molecular weight is 281 g/mol. The second-order valence-corrected chi connectivity index (χ2v) is 4.97. The van der Waals surface area contributed by atoms with Gasteiger partial charge in [0.1, 0.15) is 5.03 Å². The van der Waals surface area contributed by atoms with E-state index in [4.69, 9.17) is 22.4 Å². The van der Waals surface area contributed by atoms with E-state index in [1.807, 2.05) is 0 Å². The van der Waals surface area contributed by atoms with Crippen LogP contribution in [0.1, 0.15) is 10.4 Å². The lowest BCUT2D eigenvalue weighted by molar-refractivity contribution is 0.0696. The molecule has 0 saturated carbocycles. The van der Waals surface area contributed by atoms with Crippen molar-refractivity contribution >= 4 is 35.0 Å². The Balaban J connectivity index is 2.30. The number of halogens is 1. The maximum atomic E-state index is 10.9. The normalized spacial score (nSPS) is 10.3. The molecule has 0 unspecified atom stereocenters. The van der Waals surface area contributed by atoms with E-state index in [1.165, 1.54) is 30.1 Å². The van der Waals surface area contributed by atoms with E-state index in [1.54, 1.807) is 18.2 Å². The van der Waals surface area contributed by atoms with Gasteiger partial charge in [-0.2, -0.15) is 0 Å². The van der Waals surface area contributed by atoms with Gasteiger partial charge in [0.25, 0.3) is 0 Å². The highest BCUT2D eigenvalue weighted by atomic mass is 35.5. The molecular weight excluding hydrogens is 272 g/mol. The number of benzene rings is 1. The molecule has 0 saturated heterocycles. The summed E-state index contributed by atoms with van der Waals surface area (Å²) < 4.78 is 0. The van der Waals surface area contributed by atoms with Gasteiger partial charge in [-0.15, -0.1) is 0 Å². The molecular formula is C12H9ClN2O2S. The fraction of sp³-hybridized carbons (Fsp3) is 0. The number of nitrogens with zero attached hydrogens (tertiary/aromatic N) is 1. The first-order valence-electron chi connectivity index (χ1n) is 4.98. The molecule has 0 spiro atoms. The van der Waals surface area contributed by atoms with Crippen molar-refractivity contribution in [1.82, 2.24) is 4.98 Å². The molecule has 0 bridgehead atoms. The summed E-state index contributed by atoms with van der Waals surface area (Å²) in [5.74, 6) is -0.985. The van der Waals surface area contributed by atoms with Crippen LogP contribution < -0.4 is 5.73 Å². The van der Waals surface area contributed by atoms with E-state index < -0.39 is 5.97 Å². The number of carbonyl (C=O) groups is 1. The molecule has 1 aromatic carbocycles. The van der Waals surface area contributed by atoms with Crippen LogP contribution in [0.3, 0.4) is 0 Å². The van der Waals surface area contributed by atoms with Crippen molar-refractivity contribution in [1.29, 1.82) is 0 Å². The van der Waals surface area contributed by atoms with Crippen LogP contribution in [0.25, 0.3) is 0 Å². The van der Waals surface area contributed by atoms with Gasteiger partial charge in [0.2, 0.25) is 0 Å². The summed E-state index contributed by atoms with van der Waals surface area (Å²) in [4.78, 5) is 15.7. The van der Waals surface area contributed by atoms with Crippen molar-refractivity contribution in [3.05, 3.63) is 47.1 Å². The third-order valence-electron chi connectivity index (χ3n) is 2.18. The lowest BCUT2D eigenvalue weighted by Gasteiger charge is -2.06. The monoisotopic (exact) mass is 280 g/mol. The van der Waals surface area contributed by atoms with Gasteiger partial charge in [0.15, 0.2) is 0 Å². The number of carboxylic acids is 1. The molecule has 6 heteroatoms. The number of hydrogen-bond acceptors (Lipinski definition) is 4. The fourth-order valence-electron chi connectivity index (χ4n) is 1.29. The highest BCUT2D eigenvalue weighted by molar-refractivity contribution is 7.99. The molecule has 1 aromatic heterocycles. The Kier molecular flexibility index (Phi) is 3.74. The Morgan fingerprint density at radius 3 is 2.72 bits per heavy atom. The van der Waals surface area contributed by atoms with Gasteiger partial charge in [-0.1, -0.05) is 23.4 Å². The summed E-state index contributed by atoms with van der Waals surface area (Å²) >= 11 is 7.03. The molecule has 2 rings (SSSR count).